The van der Waals surface area contributed by atoms with Gasteiger partial charge in [0.05, 0.1) is 14.2 Å². The molecule has 0 fully saturated rings. The summed E-state index contributed by atoms with van der Waals surface area (Å²) in [6.07, 6.45) is 0.396. The van der Waals surface area contributed by atoms with Gasteiger partial charge in [-0.1, -0.05) is 41.5 Å². The van der Waals surface area contributed by atoms with E-state index in [9.17, 15) is 19.2 Å². The molecule has 0 aromatic heterocycles. The maximum Gasteiger partial charge on any atom is 0.313 e. The van der Waals surface area contributed by atoms with Gasteiger partial charge in [-0.2, -0.15) is 0 Å². The Kier molecular flexibility index (Phi) is 19.5. The van der Waals surface area contributed by atoms with E-state index in [4.69, 9.17) is 6.64 Å². The summed E-state index contributed by atoms with van der Waals surface area (Å²) in [5, 5.41) is 0. The fourth-order valence-electron chi connectivity index (χ4n) is 1.16. The summed E-state index contributed by atoms with van der Waals surface area (Å²) in [5.74, 6) is -1.12. The first kappa shape index (κ1) is 34.5. The fraction of sp³-hybridized carbons (Fsp3) is 0.818. The molecule has 0 heterocycles. The zero-order chi connectivity index (χ0) is 25.4. The SMILES string of the molecule is CC(C)[O][Ti][O]C(C)C.COC(=O)CC(=O)C(C)(C)C.COC(=O)CC(=O)C(C)(C)C. The Morgan fingerprint density at radius 2 is 0.903 bits per heavy atom. The molecule has 0 N–H and O–H groups in total. The molecule has 0 radical (unpaired) electrons. The van der Waals surface area contributed by atoms with Gasteiger partial charge >= 0.3 is 78.4 Å². The third-order valence-electron chi connectivity index (χ3n) is 3.31. The van der Waals surface area contributed by atoms with Crippen LogP contribution in [0, 0.1) is 10.8 Å². The van der Waals surface area contributed by atoms with Crippen molar-refractivity contribution in [3.8, 4) is 0 Å². The van der Waals surface area contributed by atoms with Crippen LogP contribution in [0.5, 0.6) is 0 Å². The molecule has 0 aliphatic carbocycles. The third-order valence-corrected chi connectivity index (χ3v) is 5.08. The van der Waals surface area contributed by atoms with E-state index < -0.39 is 42.7 Å². The molecule has 0 aromatic rings. The van der Waals surface area contributed by atoms with Crippen LogP contribution >= 0.6 is 0 Å². The van der Waals surface area contributed by atoms with Crippen LogP contribution in [-0.2, 0) is 55.2 Å². The van der Waals surface area contributed by atoms with Crippen LogP contribution in [0.3, 0.4) is 0 Å². The van der Waals surface area contributed by atoms with Crippen molar-refractivity contribution in [2.45, 2.75) is 94.3 Å². The van der Waals surface area contributed by atoms with E-state index in [-0.39, 0.29) is 24.4 Å². The van der Waals surface area contributed by atoms with Crippen molar-refractivity contribution in [2.75, 3.05) is 14.2 Å². The van der Waals surface area contributed by atoms with Gasteiger partial charge in [-0.15, -0.1) is 0 Å². The molecule has 0 aliphatic rings. The van der Waals surface area contributed by atoms with Gasteiger partial charge in [-0.05, 0) is 0 Å². The minimum absolute atomic E-state index is 0.0932. The average Bonchev–Trinajstić information content (AvgIpc) is 2.60. The zero-order valence-corrected chi connectivity index (χ0v) is 22.9. The molecule has 31 heavy (non-hydrogen) atoms. The second kappa shape index (κ2) is 17.5. The van der Waals surface area contributed by atoms with Gasteiger partial charge in [-0.25, -0.2) is 0 Å². The molecule has 8 nitrogen and oxygen atoms in total. The van der Waals surface area contributed by atoms with Crippen LogP contribution in [0.15, 0.2) is 0 Å². The Balaban J connectivity index is -0.000000382. The van der Waals surface area contributed by atoms with E-state index in [1.807, 2.05) is 27.7 Å². The van der Waals surface area contributed by atoms with Crippen LogP contribution < -0.4 is 0 Å². The Hall–Kier alpha value is -1.09. The molecule has 0 spiro atoms. The minimum atomic E-state index is -0.574. The largest absolute Gasteiger partial charge is 0.469 e. The topological polar surface area (TPSA) is 105 Å². The first-order valence-electron chi connectivity index (χ1n) is 10.1. The van der Waals surface area contributed by atoms with Crippen molar-refractivity contribution < 1.29 is 55.2 Å². The van der Waals surface area contributed by atoms with Gasteiger partial charge in [0.15, 0.2) is 0 Å². The van der Waals surface area contributed by atoms with Gasteiger partial charge in [0.2, 0.25) is 0 Å². The van der Waals surface area contributed by atoms with Crippen molar-refractivity contribution in [1.29, 1.82) is 0 Å². The molecule has 0 saturated carbocycles. The van der Waals surface area contributed by atoms with Gasteiger partial charge < -0.3 is 9.47 Å². The summed E-state index contributed by atoms with van der Waals surface area (Å²) in [5.41, 5.74) is -0.900. The van der Waals surface area contributed by atoms with Crippen molar-refractivity contribution in [1.82, 2.24) is 0 Å². The molecule has 0 saturated heterocycles. The Bertz CT molecular complexity index is 495. The number of ketones is 2. The van der Waals surface area contributed by atoms with Crippen LogP contribution in [-0.4, -0.2) is 49.9 Å². The smallest absolute Gasteiger partial charge is 0.313 e. The van der Waals surface area contributed by atoms with Crippen molar-refractivity contribution >= 4 is 23.5 Å². The van der Waals surface area contributed by atoms with Gasteiger partial charge in [0.25, 0.3) is 0 Å². The number of carbonyl (C=O) groups is 4. The second-order valence-corrected chi connectivity index (χ2v) is 10.3. The summed E-state index contributed by atoms with van der Waals surface area (Å²) in [6, 6.07) is 0. The summed E-state index contributed by atoms with van der Waals surface area (Å²) in [6.45, 7) is 18.7. The van der Waals surface area contributed by atoms with Crippen LogP contribution in [0.2, 0.25) is 0 Å². The van der Waals surface area contributed by atoms with Crippen LogP contribution in [0.4, 0.5) is 0 Å². The van der Waals surface area contributed by atoms with Gasteiger partial charge in [0, 0.05) is 10.8 Å². The zero-order valence-electron chi connectivity index (χ0n) is 21.3. The predicted octanol–water partition coefficient (Wildman–Crippen LogP) is 4.08. The molecular formula is C22H42O8Ti. The first-order valence-corrected chi connectivity index (χ1v) is 11.4. The monoisotopic (exact) mass is 482 g/mol. The summed E-state index contributed by atoms with van der Waals surface area (Å²) in [4.78, 5) is 43.5. The molecule has 0 unspecified atom stereocenters. The molecule has 0 bridgehead atoms. The number of rotatable bonds is 8. The number of Topliss-reactive ketones (excluding diaryl/α,β-unsaturated/α-hetero) is 2. The molecule has 0 aromatic carbocycles. The van der Waals surface area contributed by atoms with Gasteiger partial charge in [-0.3, -0.25) is 19.2 Å². The number of hydrogen-bond donors (Lipinski definition) is 0. The van der Waals surface area contributed by atoms with Crippen molar-refractivity contribution in [2.24, 2.45) is 10.8 Å². The van der Waals surface area contributed by atoms with Crippen molar-refractivity contribution in [3.63, 3.8) is 0 Å². The van der Waals surface area contributed by atoms with E-state index in [2.05, 4.69) is 9.47 Å². The van der Waals surface area contributed by atoms with E-state index in [1.54, 1.807) is 41.5 Å². The Morgan fingerprint density at radius 3 is 1.06 bits per heavy atom. The predicted molar refractivity (Wildman–Crippen MR) is 115 cm³/mol. The van der Waals surface area contributed by atoms with Crippen LogP contribution in [0.25, 0.3) is 0 Å². The van der Waals surface area contributed by atoms with Crippen LogP contribution in [0.1, 0.15) is 82.1 Å². The normalized spacial score (nSPS) is 10.9. The fourth-order valence-corrected chi connectivity index (χ4v) is 1.84. The maximum absolute atomic E-state index is 11.1. The molecule has 0 amide bonds. The molecule has 0 aliphatic heterocycles. The van der Waals surface area contributed by atoms with E-state index >= 15 is 0 Å². The quantitative estimate of drug-likeness (QED) is 0.290. The Labute approximate surface area is 198 Å². The summed E-state index contributed by atoms with van der Waals surface area (Å²) in [7, 11) is 2.55. The number of methoxy groups -OCH3 is 2. The standard InChI is InChI=1S/2C8H14O3.2C3H7O.Ti/c2*1-8(2,3)6(9)5-7(10)11-4;2*1-3(2)4;/h2*5H2,1-4H3;2*3H,1-2H3;/q;;2*-1;+2. The molecule has 9 heteroatoms. The van der Waals surface area contributed by atoms with Crippen molar-refractivity contribution in [3.05, 3.63) is 0 Å². The summed E-state index contributed by atoms with van der Waals surface area (Å²) >= 11 is -0.574. The molecule has 182 valence electrons. The second-order valence-electron chi connectivity index (χ2n) is 9.27. The number of carbonyl (C=O) groups excluding carboxylic acids is 4. The molecule has 0 atom stereocenters. The first-order chi connectivity index (χ1) is 13.9. The average molecular weight is 482 g/mol. The number of ether oxygens (including phenoxy) is 2. The van der Waals surface area contributed by atoms with E-state index in [0.29, 0.717) is 12.2 Å². The van der Waals surface area contributed by atoms with E-state index in [0.717, 1.165) is 0 Å². The van der Waals surface area contributed by atoms with E-state index in [1.165, 1.54) is 14.2 Å². The third kappa shape index (κ3) is 25.1. The minimum Gasteiger partial charge on any atom is -0.469 e. The Morgan fingerprint density at radius 1 is 0.645 bits per heavy atom. The summed E-state index contributed by atoms with van der Waals surface area (Å²) < 4.78 is 19.2. The maximum atomic E-state index is 11.1. The number of esters is 2. The molecule has 0 rings (SSSR count). The number of hydrogen-bond acceptors (Lipinski definition) is 8. The molecular weight excluding hydrogens is 440 g/mol. The van der Waals surface area contributed by atoms with Gasteiger partial charge in [0.1, 0.15) is 24.4 Å².